The first-order chi connectivity index (χ1) is 5.45. The van der Waals surface area contributed by atoms with Crippen molar-refractivity contribution in [3.63, 3.8) is 0 Å². The van der Waals surface area contributed by atoms with E-state index in [4.69, 9.17) is 9.47 Å². The lowest BCUT2D eigenvalue weighted by Gasteiger charge is -1.98. The molecule has 2 saturated heterocycles. The Morgan fingerprint density at radius 1 is 1.00 bits per heavy atom. The first-order valence-corrected chi connectivity index (χ1v) is 3.59. The second-order valence-corrected chi connectivity index (χ2v) is 2.55. The van der Waals surface area contributed by atoms with Gasteiger partial charge in [0, 0.05) is 0 Å². The van der Waals surface area contributed by atoms with Gasteiger partial charge in [-0.15, -0.1) is 0 Å². The van der Waals surface area contributed by atoms with Crippen LogP contribution in [-0.4, -0.2) is 38.6 Å². The van der Waals surface area contributed by atoms with E-state index in [-0.39, 0.29) is 12.2 Å². The van der Waals surface area contributed by atoms with Crippen molar-refractivity contribution in [2.45, 2.75) is 12.2 Å². The highest BCUT2D eigenvalue weighted by Gasteiger charge is 2.25. The molecule has 0 radical (unpaired) electrons. The minimum atomic E-state index is 0.204. The van der Waals surface area contributed by atoms with Crippen molar-refractivity contribution in [3.05, 3.63) is 0 Å². The van der Waals surface area contributed by atoms with Crippen LogP contribution < -0.4 is 0 Å². The first-order valence-electron chi connectivity index (χ1n) is 3.59. The molecule has 0 N–H and O–H groups in total. The Morgan fingerprint density at radius 2 is 1.45 bits per heavy atom. The second-order valence-electron chi connectivity index (χ2n) is 2.55. The fourth-order valence-corrected chi connectivity index (χ4v) is 0.570. The van der Waals surface area contributed by atoms with E-state index in [0.29, 0.717) is 13.2 Å². The highest BCUT2D eigenvalue weighted by molar-refractivity contribution is 4.66. The molecular formula is C6H10O5. The van der Waals surface area contributed by atoms with Crippen molar-refractivity contribution >= 4 is 0 Å². The fraction of sp³-hybridized carbons (Fsp3) is 1.00. The standard InChI is InChI=1S/C6H10O5/c1-5(7-1)3-9-11-10-4-6-2-8-6/h5-6H,1-4H2. The maximum Gasteiger partial charge on any atom is 0.114 e. The zero-order valence-electron chi connectivity index (χ0n) is 6.02. The van der Waals surface area contributed by atoms with Crippen LogP contribution in [0.1, 0.15) is 0 Å². The normalized spacial score (nSPS) is 33.8. The van der Waals surface area contributed by atoms with Crippen LogP contribution in [0.5, 0.6) is 0 Å². The van der Waals surface area contributed by atoms with Crippen LogP contribution in [0, 0.1) is 0 Å². The van der Waals surface area contributed by atoms with Crippen LogP contribution in [0.25, 0.3) is 0 Å². The number of rotatable bonds is 6. The molecule has 0 bridgehead atoms. The molecule has 0 aromatic carbocycles. The van der Waals surface area contributed by atoms with E-state index in [1.165, 1.54) is 0 Å². The van der Waals surface area contributed by atoms with Gasteiger partial charge in [0.2, 0.25) is 0 Å². The van der Waals surface area contributed by atoms with Crippen LogP contribution in [0.15, 0.2) is 0 Å². The van der Waals surface area contributed by atoms with E-state index >= 15 is 0 Å². The summed E-state index contributed by atoms with van der Waals surface area (Å²) in [5.74, 6) is 0. The Kier molecular flexibility index (Phi) is 2.35. The molecule has 11 heavy (non-hydrogen) atoms. The Morgan fingerprint density at radius 3 is 1.82 bits per heavy atom. The lowest BCUT2D eigenvalue weighted by Crippen LogP contribution is -2.06. The third-order valence-electron chi connectivity index (χ3n) is 1.41. The predicted octanol–water partition coefficient (Wildman–Crippen LogP) is -0.336. The molecule has 2 rings (SSSR count). The molecule has 64 valence electrons. The molecule has 0 aliphatic carbocycles. The Bertz CT molecular complexity index is 106. The monoisotopic (exact) mass is 162 g/mol. The summed E-state index contributed by atoms with van der Waals surface area (Å²) in [6, 6.07) is 0. The molecule has 0 aromatic heterocycles. The molecular weight excluding hydrogens is 152 g/mol. The van der Waals surface area contributed by atoms with E-state index < -0.39 is 0 Å². The summed E-state index contributed by atoms with van der Waals surface area (Å²) in [6.45, 7) is 2.39. The Hall–Kier alpha value is -0.200. The predicted molar refractivity (Wildman–Crippen MR) is 32.5 cm³/mol. The molecule has 0 spiro atoms. The van der Waals surface area contributed by atoms with Crippen LogP contribution in [0.2, 0.25) is 0 Å². The summed E-state index contributed by atoms with van der Waals surface area (Å²) in [7, 11) is 0. The van der Waals surface area contributed by atoms with Crippen LogP contribution in [0.4, 0.5) is 0 Å². The summed E-state index contributed by atoms with van der Waals surface area (Å²) in [5.41, 5.74) is 0. The van der Waals surface area contributed by atoms with Gasteiger partial charge in [0.25, 0.3) is 0 Å². The number of hydrogen-bond donors (Lipinski definition) is 0. The SMILES string of the molecule is C(OOOCC1CO1)C1CO1. The van der Waals surface area contributed by atoms with Gasteiger partial charge in [-0.2, -0.15) is 0 Å². The highest BCUT2D eigenvalue weighted by Crippen LogP contribution is 2.10. The topological polar surface area (TPSA) is 52.8 Å². The summed E-state index contributed by atoms with van der Waals surface area (Å²) in [6.07, 6.45) is 0.409. The molecule has 5 heteroatoms. The lowest BCUT2D eigenvalue weighted by molar-refractivity contribution is -0.513. The largest absolute Gasteiger partial charge is 0.370 e. The van der Waals surface area contributed by atoms with Crippen molar-refractivity contribution in [2.75, 3.05) is 26.4 Å². The molecule has 0 aromatic rings. The molecule has 2 atom stereocenters. The zero-order valence-corrected chi connectivity index (χ0v) is 6.02. The van der Waals surface area contributed by atoms with Crippen LogP contribution >= 0.6 is 0 Å². The van der Waals surface area contributed by atoms with E-state index in [1.807, 2.05) is 0 Å². The minimum absolute atomic E-state index is 0.204. The summed E-state index contributed by atoms with van der Waals surface area (Å²) in [4.78, 5) is 9.27. The maximum absolute atomic E-state index is 4.86. The lowest BCUT2D eigenvalue weighted by atomic mass is 10.5. The first kappa shape index (κ1) is 7.45. The number of ether oxygens (including phenoxy) is 2. The van der Waals surface area contributed by atoms with Gasteiger partial charge in [-0.1, -0.05) is 5.04 Å². The Balaban J connectivity index is 1.35. The molecule has 2 unspecified atom stereocenters. The zero-order chi connectivity index (χ0) is 7.52. The number of epoxide rings is 2. The number of hydrogen-bond acceptors (Lipinski definition) is 5. The average molecular weight is 162 g/mol. The second kappa shape index (κ2) is 3.46. The molecule has 2 fully saturated rings. The van der Waals surface area contributed by atoms with Crippen molar-refractivity contribution in [1.82, 2.24) is 0 Å². The van der Waals surface area contributed by atoms with Crippen molar-refractivity contribution in [2.24, 2.45) is 0 Å². The van der Waals surface area contributed by atoms with Gasteiger partial charge in [0.15, 0.2) is 0 Å². The van der Waals surface area contributed by atoms with Gasteiger partial charge in [-0.3, -0.25) is 0 Å². The fourth-order valence-electron chi connectivity index (χ4n) is 0.570. The van der Waals surface area contributed by atoms with Gasteiger partial charge in [0.05, 0.1) is 13.2 Å². The smallest absolute Gasteiger partial charge is 0.114 e. The van der Waals surface area contributed by atoms with Crippen molar-refractivity contribution in [3.8, 4) is 0 Å². The van der Waals surface area contributed by atoms with E-state index in [1.54, 1.807) is 0 Å². The molecule has 2 aliphatic heterocycles. The van der Waals surface area contributed by atoms with Crippen molar-refractivity contribution < 1.29 is 24.3 Å². The molecule has 2 aliphatic rings. The molecule has 2 heterocycles. The van der Waals surface area contributed by atoms with Crippen LogP contribution in [-0.2, 0) is 24.3 Å². The van der Waals surface area contributed by atoms with Gasteiger partial charge >= 0.3 is 0 Å². The highest BCUT2D eigenvalue weighted by atomic mass is 17.5. The maximum atomic E-state index is 4.86. The summed E-state index contributed by atoms with van der Waals surface area (Å²) in [5, 5.41) is 4.38. The third-order valence-corrected chi connectivity index (χ3v) is 1.41. The third kappa shape index (κ3) is 3.13. The molecule has 0 saturated carbocycles. The van der Waals surface area contributed by atoms with Gasteiger partial charge in [0.1, 0.15) is 25.4 Å². The summed E-state index contributed by atoms with van der Waals surface area (Å²) >= 11 is 0. The van der Waals surface area contributed by atoms with E-state index in [0.717, 1.165) is 13.2 Å². The quantitative estimate of drug-likeness (QED) is 0.231. The molecule has 5 nitrogen and oxygen atoms in total. The van der Waals surface area contributed by atoms with E-state index in [2.05, 4.69) is 14.8 Å². The Labute approximate surface area is 64.0 Å². The van der Waals surface area contributed by atoms with E-state index in [9.17, 15) is 0 Å². The van der Waals surface area contributed by atoms with Gasteiger partial charge in [-0.05, 0) is 0 Å². The summed E-state index contributed by atoms with van der Waals surface area (Å²) < 4.78 is 9.73. The van der Waals surface area contributed by atoms with Gasteiger partial charge < -0.3 is 9.47 Å². The van der Waals surface area contributed by atoms with Crippen LogP contribution in [0.3, 0.4) is 0 Å². The average Bonchev–Trinajstić information content (AvgIpc) is 2.83. The van der Waals surface area contributed by atoms with Crippen molar-refractivity contribution in [1.29, 1.82) is 0 Å². The molecule has 0 amide bonds. The minimum Gasteiger partial charge on any atom is -0.370 e. The van der Waals surface area contributed by atoms with Gasteiger partial charge in [-0.25, -0.2) is 9.78 Å².